The van der Waals surface area contributed by atoms with Gasteiger partial charge in [0.1, 0.15) is 6.54 Å². The summed E-state index contributed by atoms with van der Waals surface area (Å²) in [6, 6.07) is 10.7. The van der Waals surface area contributed by atoms with Crippen molar-refractivity contribution in [3.8, 4) is 0 Å². The van der Waals surface area contributed by atoms with Gasteiger partial charge in [-0.05, 0) is 12.5 Å². The van der Waals surface area contributed by atoms with Crippen LogP contribution >= 0.6 is 0 Å². The van der Waals surface area contributed by atoms with Gasteiger partial charge < -0.3 is 16.9 Å². The van der Waals surface area contributed by atoms with E-state index in [4.69, 9.17) is 0 Å². The van der Waals surface area contributed by atoms with Gasteiger partial charge in [-0.1, -0.05) is 50.3 Å². The second-order valence-corrected chi connectivity index (χ2v) is 4.81. The van der Waals surface area contributed by atoms with Crippen LogP contribution in [0.4, 0.5) is 0 Å². The Balaban J connectivity index is 0.00000256. The number of likely N-dealkylation sites (N-methyl/N-ethyl adjacent to an activating group) is 1. The molecule has 0 N–H and O–H groups in total. The SMILES string of the molecule is C=CC[N+](C)(CCCC)Cc1ccccc1.[Cl-]. The van der Waals surface area contributed by atoms with Crippen molar-refractivity contribution in [3.63, 3.8) is 0 Å². The van der Waals surface area contributed by atoms with Crippen molar-refractivity contribution in [3.05, 3.63) is 48.6 Å². The summed E-state index contributed by atoms with van der Waals surface area (Å²) in [6.07, 6.45) is 4.59. The molecule has 0 bridgehead atoms. The summed E-state index contributed by atoms with van der Waals surface area (Å²) in [5.74, 6) is 0. The number of nitrogens with zero attached hydrogens (tertiary/aromatic N) is 1. The lowest BCUT2D eigenvalue weighted by atomic mass is 10.1. The molecule has 0 saturated carbocycles. The third-order valence-corrected chi connectivity index (χ3v) is 3.03. The van der Waals surface area contributed by atoms with E-state index >= 15 is 0 Å². The lowest BCUT2D eigenvalue weighted by Crippen LogP contribution is -3.00. The van der Waals surface area contributed by atoms with Crippen molar-refractivity contribution in [2.45, 2.75) is 26.3 Å². The van der Waals surface area contributed by atoms with Crippen LogP contribution < -0.4 is 12.4 Å². The van der Waals surface area contributed by atoms with E-state index in [9.17, 15) is 0 Å². The maximum absolute atomic E-state index is 3.88. The van der Waals surface area contributed by atoms with Crippen LogP contribution in [0.1, 0.15) is 25.3 Å². The van der Waals surface area contributed by atoms with Gasteiger partial charge in [-0.3, -0.25) is 0 Å². The molecule has 0 heterocycles. The highest BCUT2D eigenvalue weighted by Crippen LogP contribution is 2.13. The molecule has 1 rings (SSSR count). The predicted molar refractivity (Wildman–Crippen MR) is 71.2 cm³/mol. The molecule has 17 heavy (non-hydrogen) atoms. The number of unbranched alkanes of at least 4 members (excludes halogenated alkanes) is 1. The zero-order valence-corrected chi connectivity index (χ0v) is 11.8. The lowest BCUT2D eigenvalue weighted by Gasteiger charge is -2.33. The second-order valence-electron chi connectivity index (χ2n) is 4.81. The molecule has 1 aromatic carbocycles. The van der Waals surface area contributed by atoms with Gasteiger partial charge >= 0.3 is 0 Å². The first-order chi connectivity index (χ1) is 7.70. The average molecular weight is 254 g/mol. The summed E-state index contributed by atoms with van der Waals surface area (Å²) in [5.41, 5.74) is 1.42. The molecular weight excluding hydrogens is 230 g/mol. The monoisotopic (exact) mass is 253 g/mol. The molecule has 2 heteroatoms. The summed E-state index contributed by atoms with van der Waals surface area (Å²) in [7, 11) is 2.32. The number of quaternary nitrogens is 1. The van der Waals surface area contributed by atoms with E-state index in [0.717, 1.165) is 17.6 Å². The molecule has 1 aromatic rings. The molecule has 96 valence electrons. The number of hydrogen-bond acceptors (Lipinski definition) is 0. The fourth-order valence-electron chi connectivity index (χ4n) is 2.11. The Morgan fingerprint density at radius 1 is 1.24 bits per heavy atom. The van der Waals surface area contributed by atoms with Crippen LogP contribution in [-0.4, -0.2) is 24.6 Å². The molecule has 0 spiro atoms. The molecule has 1 atom stereocenters. The van der Waals surface area contributed by atoms with Crippen LogP contribution in [0.5, 0.6) is 0 Å². The van der Waals surface area contributed by atoms with Crippen molar-refractivity contribution in [1.82, 2.24) is 0 Å². The summed E-state index contributed by atoms with van der Waals surface area (Å²) in [5, 5.41) is 0. The summed E-state index contributed by atoms with van der Waals surface area (Å²) in [6.45, 7) is 9.52. The number of benzene rings is 1. The smallest absolute Gasteiger partial charge is 0.104 e. The first-order valence-electron chi connectivity index (χ1n) is 6.18. The molecule has 0 saturated heterocycles. The van der Waals surface area contributed by atoms with E-state index < -0.39 is 0 Å². The third-order valence-electron chi connectivity index (χ3n) is 3.03. The van der Waals surface area contributed by atoms with Crippen molar-refractivity contribution in [2.75, 3.05) is 20.1 Å². The van der Waals surface area contributed by atoms with Gasteiger partial charge in [-0.2, -0.15) is 0 Å². The maximum atomic E-state index is 3.88. The molecule has 0 amide bonds. The fourth-order valence-corrected chi connectivity index (χ4v) is 2.11. The van der Waals surface area contributed by atoms with Gasteiger partial charge in [0.05, 0.1) is 20.1 Å². The van der Waals surface area contributed by atoms with Crippen LogP contribution in [-0.2, 0) is 6.54 Å². The van der Waals surface area contributed by atoms with Crippen molar-refractivity contribution in [2.24, 2.45) is 0 Å². The van der Waals surface area contributed by atoms with Gasteiger partial charge in [-0.15, -0.1) is 0 Å². The van der Waals surface area contributed by atoms with E-state index in [0.29, 0.717) is 0 Å². The minimum atomic E-state index is 0. The molecule has 0 fully saturated rings. The normalized spacial score (nSPS) is 13.5. The van der Waals surface area contributed by atoms with Crippen LogP contribution in [0, 0.1) is 0 Å². The van der Waals surface area contributed by atoms with Gasteiger partial charge in [-0.25, -0.2) is 0 Å². The number of halogens is 1. The Kier molecular flexibility index (Phi) is 7.94. The minimum absolute atomic E-state index is 0. The van der Waals surface area contributed by atoms with E-state index in [-0.39, 0.29) is 12.4 Å². The first kappa shape index (κ1) is 16.2. The fraction of sp³-hybridized carbons (Fsp3) is 0.467. The third kappa shape index (κ3) is 5.90. The van der Waals surface area contributed by atoms with Crippen LogP contribution in [0.25, 0.3) is 0 Å². The van der Waals surface area contributed by atoms with E-state index in [1.807, 2.05) is 6.08 Å². The highest BCUT2D eigenvalue weighted by atomic mass is 35.5. The zero-order valence-electron chi connectivity index (χ0n) is 11.0. The molecule has 0 radical (unpaired) electrons. The quantitative estimate of drug-likeness (QED) is 0.494. The minimum Gasteiger partial charge on any atom is -1.00 e. The van der Waals surface area contributed by atoms with Crippen molar-refractivity contribution >= 4 is 0 Å². The highest BCUT2D eigenvalue weighted by Gasteiger charge is 2.19. The summed E-state index contributed by atoms with van der Waals surface area (Å²) >= 11 is 0. The Bertz CT molecular complexity index is 310. The van der Waals surface area contributed by atoms with Crippen LogP contribution in [0.15, 0.2) is 43.0 Å². The van der Waals surface area contributed by atoms with Crippen LogP contribution in [0.3, 0.4) is 0 Å². The number of rotatable bonds is 7. The Labute approximate surface area is 112 Å². The standard InChI is InChI=1S/C15H24N.ClH/c1-4-6-13-16(3,12-5-2)14-15-10-8-7-9-11-15;/h5,7-11H,2,4,6,12-14H2,1,3H3;1H/q+1;/p-1. The van der Waals surface area contributed by atoms with Crippen LogP contribution in [0.2, 0.25) is 0 Å². The van der Waals surface area contributed by atoms with Gasteiger partial charge in [0.15, 0.2) is 0 Å². The largest absolute Gasteiger partial charge is 1.00 e. The lowest BCUT2D eigenvalue weighted by molar-refractivity contribution is -0.917. The average Bonchev–Trinajstić information content (AvgIpc) is 2.28. The second kappa shape index (κ2) is 8.32. The number of hydrogen-bond donors (Lipinski definition) is 0. The molecule has 1 nitrogen and oxygen atoms in total. The summed E-state index contributed by atoms with van der Waals surface area (Å²) < 4.78 is 1.07. The zero-order chi connectivity index (χ0) is 11.9. The highest BCUT2D eigenvalue weighted by molar-refractivity contribution is 5.13. The Hall–Kier alpha value is -0.790. The molecule has 0 aliphatic heterocycles. The topological polar surface area (TPSA) is 0 Å². The van der Waals surface area contributed by atoms with Gasteiger partial charge in [0.25, 0.3) is 0 Å². The summed E-state index contributed by atoms with van der Waals surface area (Å²) in [4.78, 5) is 0. The van der Waals surface area contributed by atoms with E-state index in [1.54, 1.807) is 0 Å². The molecule has 0 aliphatic carbocycles. The maximum Gasteiger partial charge on any atom is 0.104 e. The van der Waals surface area contributed by atoms with Gasteiger partial charge in [0, 0.05) is 5.56 Å². The van der Waals surface area contributed by atoms with Crippen molar-refractivity contribution in [1.29, 1.82) is 0 Å². The van der Waals surface area contributed by atoms with Crippen molar-refractivity contribution < 1.29 is 16.9 Å². The predicted octanol–water partition coefficient (Wildman–Crippen LogP) is 0.623. The molecule has 1 unspecified atom stereocenters. The first-order valence-corrected chi connectivity index (χ1v) is 6.18. The molecule has 0 aromatic heterocycles. The van der Waals surface area contributed by atoms with E-state index in [1.165, 1.54) is 24.9 Å². The molecular formula is C15H24ClN. The van der Waals surface area contributed by atoms with Gasteiger partial charge in [0.2, 0.25) is 0 Å². The van der Waals surface area contributed by atoms with E-state index in [2.05, 4.69) is 50.9 Å². The Morgan fingerprint density at radius 3 is 2.41 bits per heavy atom. The molecule has 0 aliphatic rings. The Morgan fingerprint density at radius 2 is 1.88 bits per heavy atom.